The van der Waals surface area contributed by atoms with Crippen molar-refractivity contribution in [3.63, 3.8) is 0 Å². The Labute approximate surface area is 196 Å². The van der Waals surface area contributed by atoms with Crippen molar-refractivity contribution >= 4 is 29.9 Å². The first-order chi connectivity index (χ1) is 14.1. The number of ether oxygens (including phenoxy) is 3. The van der Waals surface area contributed by atoms with E-state index in [1.807, 2.05) is 31.3 Å². The van der Waals surface area contributed by atoms with Crippen LogP contribution in [0.2, 0.25) is 0 Å². The maximum atomic E-state index is 5.73. The quantitative estimate of drug-likeness (QED) is 0.288. The number of hydrogen-bond donors (Lipinski definition) is 1. The van der Waals surface area contributed by atoms with Gasteiger partial charge >= 0.3 is 0 Å². The summed E-state index contributed by atoms with van der Waals surface area (Å²) in [5, 5.41) is 3.39. The lowest BCUT2D eigenvalue weighted by molar-refractivity contribution is 0.301. The van der Waals surface area contributed by atoms with Crippen LogP contribution in [0.3, 0.4) is 0 Å². The molecule has 1 heterocycles. The number of nitrogens with one attached hydrogen (secondary N) is 1. The number of pyridine rings is 1. The molecule has 1 N–H and O–H groups in total. The number of benzene rings is 1. The van der Waals surface area contributed by atoms with Crippen LogP contribution in [-0.2, 0) is 13.0 Å². The Morgan fingerprint density at radius 3 is 2.60 bits per heavy atom. The highest BCUT2D eigenvalue weighted by atomic mass is 127. The molecule has 0 saturated carbocycles. The second-order valence-corrected chi connectivity index (χ2v) is 6.58. The number of aromatic nitrogens is 1. The van der Waals surface area contributed by atoms with E-state index >= 15 is 0 Å². The summed E-state index contributed by atoms with van der Waals surface area (Å²) >= 11 is 0. The summed E-state index contributed by atoms with van der Waals surface area (Å²) < 4.78 is 16.4. The van der Waals surface area contributed by atoms with Gasteiger partial charge in [-0.25, -0.2) is 4.98 Å². The SMILES string of the molecule is CCCOc1ncccc1CNC(=NC)N(C)CCc1ccc(OC)c(OC)c1.I. The van der Waals surface area contributed by atoms with Gasteiger partial charge in [-0.3, -0.25) is 4.99 Å². The molecule has 0 spiro atoms. The highest BCUT2D eigenvalue weighted by Gasteiger charge is 2.10. The summed E-state index contributed by atoms with van der Waals surface area (Å²) in [5.41, 5.74) is 2.18. The molecule has 0 aliphatic carbocycles. The number of hydrogen-bond acceptors (Lipinski definition) is 5. The first kappa shape index (κ1) is 25.8. The van der Waals surface area contributed by atoms with Crippen LogP contribution in [0, 0.1) is 0 Å². The van der Waals surface area contributed by atoms with Gasteiger partial charge in [0.15, 0.2) is 17.5 Å². The number of methoxy groups -OCH3 is 2. The molecule has 0 saturated heterocycles. The van der Waals surface area contributed by atoms with Crippen molar-refractivity contribution in [2.45, 2.75) is 26.3 Å². The first-order valence-electron chi connectivity index (χ1n) is 9.82. The number of rotatable bonds is 10. The van der Waals surface area contributed by atoms with Crippen molar-refractivity contribution in [1.29, 1.82) is 0 Å². The van der Waals surface area contributed by atoms with E-state index < -0.39 is 0 Å². The molecule has 0 amide bonds. The van der Waals surface area contributed by atoms with Crippen LogP contribution >= 0.6 is 24.0 Å². The minimum absolute atomic E-state index is 0. The fourth-order valence-corrected chi connectivity index (χ4v) is 2.89. The van der Waals surface area contributed by atoms with E-state index in [1.165, 1.54) is 5.56 Å². The van der Waals surface area contributed by atoms with E-state index in [0.717, 1.165) is 42.4 Å². The van der Waals surface area contributed by atoms with Gasteiger partial charge in [-0.05, 0) is 36.6 Å². The zero-order chi connectivity index (χ0) is 21.1. The predicted octanol–water partition coefficient (Wildman–Crippen LogP) is 3.76. The van der Waals surface area contributed by atoms with Gasteiger partial charge in [-0.15, -0.1) is 24.0 Å². The Morgan fingerprint density at radius 1 is 1.17 bits per heavy atom. The average molecular weight is 528 g/mol. The number of likely N-dealkylation sites (N-methyl/N-ethyl adjacent to an activating group) is 1. The molecule has 8 heteroatoms. The number of nitrogens with zero attached hydrogens (tertiary/aromatic N) is 3. The number of guanidine groups is 1. The highest BCUT2D eigenvalue weighted by molar-refractivity contribution is 14.0. The summed E-state index contributed by atoms with van der Waals surface area (Å²) in [7, 11) is 7.10. The average Bonchev–Trinajstić information content (AvgIpc) is 2.76. The molecule has 2 aromatic rings. The molecule has 1 aromatic heterocycles. The third-order valence-corrected chi connectivity index (χ3v) is 4.49. The lowest BCUT2D eigenvalue weighted by atomic mass is 10.1. The summed E-state index contributed by atoms with van der Waals surface area (Å²) in [6.45, 7) is 4.14. The summed E-state index contributed by atoms with van der Waals surface area (Å²) in [5.74, 6) is 2.96. The fraction of sp³-hybridized carbons (Fsp3) is 0.455. The monoisotopic (exact) mass is 528 g/mol. The molecule has 166 valence electrons. The highest BCUT2D eigenvalue weighted by Crippen LogP contribution is 2.27. The van der Waals surface area contributed by atoms with Gasteiger partial charge in [0.1, 0.15) is 0 Å². The van der Waals surface area contributed by atoms with Crippen molar-refractivity contribution in [3.8, 4) is 17.4 Å². The molecular weight excluding hydrogens is 495 g/mol. The number of halogens is 1. The molecule has 2 rings (SSSR count). The molecule has 0 bridgehead atoms. The molecule has 0 radical (unpaired) electrons. The lowest BCUT2D eigenvalue weighted by Gasteiger charge is -2.22. The smallest absolute Gasteiger partial charge is 0.218 e. The molecule has 30 heavy (non-hydrogen) atoms. The summed E-state index contributed by atoms with van der Waals surface area (Å²) in [4.78, 5) is 10.8. The van der Waals surface area contributed by atoms with Crippen molar-refractivity contribution in [3.05, 3.63) is 47.7 Å². The predicted molar refractivity (Wildman–Crippen MR) is 132 cm³/mol. The molecule has 0 aliphatic rings. The van der Waals surface area contributed by atoms with Crippen LogP contribution in [0.1, 0.15) is 24.5 Å². The fourth-order valence-electron chi connectivity index (χ4n) is 2.89. The molecule has 0 fully saturated rings. The van der Waals surface area contributed by atoms with Crippen LogP contribution in [0.25, 0.3) is 0 Å². The third-order valence-electron chi connectivity index (χ3n) is 4.49. The van der Waals surface area contributed by atoms with Crippen molar-refractivity contribution in [2.24, 2.45) is 4.99 Å². The van der Waals surface area contributed by atoms with E-state index in [-0.39, 0.29) is 24.0 Å². The van der Waals surface area contributed by atoms with E-state index in [2.05, 4.69) is 33.2 Å². The van der Waals surface area contributed by atoms with E-state index in [1.54, 1.807) is 27.5 Å². The first-order valence-corrected chi connectivity index (χ1v) is 9.82. The van der Waals surface area contributed by atoms with Crippen LogP contribution < -0.4 is 19.5 Å². The van der Waals surface area contributed by atoms with Gasteiger partial charge in [0.2, 0.25) is 5.88 Å². The molecule has 0 aliphatic heterocycles. The van der Waals surface area contributed by atoms with Crippen LogP contribution in [0.5, 0.6) is 17.4 Å². The second kappa shape index (κ2) is 13.9. The maximum absolute atomic E-state index is 5.73. The molecule has 1 aromatic carbocycles. The van der Waals surface area contributed by atoms with E-state index in [9.17, 15) is 0 Å². The van der Waals surface area contributed by atoms with Crippen molar-refractivity contribution in [2.75, 3.05) is 41.5 Å². The standard InChI is InChI=1S/C22H32N4O3.HI/c1-6-14-29-21-18(8-7-12-24-21)16-25-22(23-2)26(3)13-11-17-9-10-19(27-4)20(15-17)28-5;/h7-10,12,15H,6,11,13-14,16H2,1-5H3,(H,23,25);1H. The Morgan fingerprint density at radius 2 is 1.93 bits per heavy atom. The maximum Gasteiger partial charge on any atom is 0.218 e. The van der Waals surface area contributed by atoms with E-state index in [4.69, 9.17) is 14.2 Å². The Kier molecular flexibility index (Phi) is 12.0. The van der Waals surface area contributed by atoms with Crippen LogP contribution in [0.4, 0.5) is 0 Å². The minimum Gasteiger partial charge on any atom is -0.493 e. The summed E-state index contributed by atoms with van der Waals surface area (Å²) in [6.07, 6.45) is 3.55. The van der Waals surface area contributed by atoms with E-state index in [0.29, 0.717) is 19.0 Å². The minimum atomic E-state index is 0. The normalized spacial score (nSPS) is 10.8. The molecule has 0 atom stereocenters. The largest absolute Gasteiger partial charge is 0.493 e. The lowest BCUT2D eigenvalue weighted by Crippen LogP contribution is -2.39. The summed E-state index contributed by atoms with van der Waals surface area (Å²) in [6, 6.07) is 9.93. The van der Waals surface area contributed by atoms with Gasteiger partial charge in [0.25, 0.3) is 0 Å². The Hall–Kier alpha value is -2.23. The Bertz CT molecular complexity index is 802. The third kappa shape index (κ3) is 7.55. The van der Waals surface area contributed by atoms with Gasteiger partial charge in [0.05, 0.1) is 20.8 Å². The Balaban J connectivity index is 0.00000450. The van der Waals surface area contributed by atoms with Gasteiger partial charge < -0.3 is 24.4 Å². The zero-order valence-corrected chi connectivity index (χ0v) is 20.8. The van der Waals surface area contributed by atoms with Crippen molar-refractivity contribution in [1.82, 2.24) is 15.2 Å². The van der Waals surface area contributed by atoms with Gasteiger partial charge in [0, 0.05) is 38.9 Å². The van der Waals surface area contributed by atoms with Crippen LogP contribution in [-0.4, -0.2) is 57.3 Å². The molecule has 7 nitrogen and oxygen atoms in total. The topological polar surface area (TPSA) is 68.2 Å². The van der Waals surface area contributed by atoms with Crippen LogP contribution in [0.15, 0.2) is 41.5 Å². The van der Waals surface area contributed by atoms with Gasteiger partial charge in [-0.2, -0.15) is 0 Å². The second-order valence-electron chi connectivity index (χ2n) is 6.58. The number of aliphatic imine (C=N–C) groups is 1. The molecular formula is C22H33IN4O3. The zero-order valence-electron chi connectivity index (χ0n) is 18.5. The molecule has 0 unspecified atom stereocenters. The van der Waals surface area contributed by atoms with Crippen molar-refractivity contribution < 1.29 is 14.2 Å². The van der Waals surface area contributed by atoms with Gasteiger partial charge in [-0.1, -0.05) is 19.1 Å².